The van der Waals surface area contributed by atoms with Crippen molar-refractivity contribution in [3.63, 3.8) is 0 Å². The Morgan fingerprint density at radius 1 is 1.36 bits per heavy atom. The predicted molar refractivity (Wildman–Crippen MR) is 48.3 cm³/mol. The lowest BCUT2D eigenvalue weighted by molar-refractivity contribution is 0.568. The Bertz CT molecular complexity index is 230. The Balaban J connectivity index is 2.15. The van der Waals surface area contributed by atoms with Crippen LogP contribution in [0.2, 0.25) is 0 Å². The van der Waals surface area contributed by atoms with Gasteiger partial charge in [-0.1, -0.05) is 30.4 Å². The van der Waals surface area contributed by atoms with E-state index >= 15 is 0 Å². The zero-order valence-electron chi connectivity index (χ0n) is 6.84. The molecule has 1 atom stereocenters. The third-order valence-corrected chi connectivity index (χ3v) is 2.79. The molecule has 0 spiro atoms. The summed E-state index contributed by atoms with van der Waals surface area (Å²) in [7, 11) is 0. The zero-order chi connectivity index (χ0) is 7.68. The molecule has 0 aromatic carbocycles. The molecule has 0 N–H and O–H groups in total. The standard InChI is InChI=1S/C11H14/c1-2-3-4-10-7-9-5-6-11(10)8-9/h2-4,9H,1,5-8H2. The molecule has 0 saturated heterocycles. The molecule has 0 aromatic rings. The molecule has 1 saturated carbocycles. The van der Waals surface area contributed by atoms with E-state index in [4.69, 9.17) is 0 Å². The van der Waals surface area contributed by atoms with E-state index in [9.17, 15) is 0 Å². The highest BCUT2D eigenvalue weighted by Crippen LogP contribution is 2.44. The predicted octanol–water partition coefficient (Wildman–Crippen LogP) is 3.23. The van der Waals surface area contributed by atoms with Crippen molar-refractivity contribution in [2.75, 3.05) is 0 Å². The van der Waals surface area contributed by atoms with Crippen LogP contribution in [0.25, 0.3) is 0 Å². The van der Waals surface area contributed by atoms with Crippen molar-refractivity contribution in [3.05, 3.63) is 36.0 Å². The van der Waals surface area contributed by atoms with Crippen LogP contribution >= 0.6 is 0 Å². The van der Waals surface area contributed by atoms with Crippen LogP contribution in [0.4, 0.5) is 0 Å². The van der Waals surface area contributed by atoms with Gasteiger partial charge in [0.05, 0.1) is 0 Å². The van der Waals surface area contributed by atoms with Gasteiger partial charge in [-0.3, -0.25) is 0 Å². The Morgan fingerprint density at radius 2 is 2.27 bits per heavy atom. The Kier molecular flexibility index (Phi) is 1.69. The molecule has 0 aliphatic heterocycles. The lowest BCUT2D eigenvalue weighted by Crippen LogP contribution is -1.91. The second kappa shape index (κ2) is 2.69. The van der Waals surface area contributed by atoms with Crippen molar-refractivity contribution in [1.29, 1.82) is 0 Å². The van der Waals surface area contributed by atoms with Gasteiger partial charge in [0, 0.05) is 0 Å². The van der Waals surface area contributed by atoms with E-state index in [1.807, 2.05) is 6.08 Å². The first-order valence-corrected chi connectivity index (χ1v) is 4.40. The minimum atomic E-state index is 0.995. The third kappa shape index (κ3) is 1.18. The van der Waals surface area contributed by atoms with Crippen LogP contribution in [-0.4, -0.2) is 0 Å². The largest absolute Gasteiger partial charge is 0.0991 e. The first-order valence-electron chi connectivity index (χ1n) is 4.40. The summed E-state index contributed by atoms with van der Waals surface area (Å²) >= 11 is 0. The Labute approximate surface area is 68.3 Å². The zero-order valence-corrected chi connectivity index (χ0v) is 6.84. The number of fused-ring (bicyclic) bond motifs is 2. The fourth-order valence-electron chi connectivity index (χ4n) is 2.22. The molecule has 2 bridgehead atoms. The maximum atomic E-state index is 3.67. The summed E-state index contributed by atoms with van der Waals surface area (Å²) < 4.78 is 0. The molecule has 0 heteroatoms. The number of hydrogen-bond donors (Lipinski definition) is 0. The smallest absolute Gasteiger partial charge is 0.0248 e. The average Bonchev–Trinajstić information content (AvgIpc) is 2.60. The first-order chi connectivity index (χ1) is 5.40. The van der Waals surface area contributed by atoms with E-state index in [1.54, 1.807) is 11.1 Å². The topological polar surface area (TPSA) is 0 Å². The fraction of sp³-hybridized carbons (Fsp3) is 0.455. The van der Waals surface area contributed by atoms with Crippen LogP contribution in [0.15, 0.2) is 36.0 Å². The average molecular weight is 146 g/mol. The van der Waals surface area contributed by atoms with E-state index in [2.05, 4.69) is 18.7 Å². The molecule has 0 amide bonds. The molecule has 58 valence electrons. The van der Waals surface area contributed by atoms with Crippen LogP contribution in [0.3, 0.4) is 0 Å². The van der Waals surface area contributed by atoms with Crippen molar-refractivity contribution in [2.24, 2.45) is 5.92 Å². The first kappa shape index (κ1) is 6.90. The maximum absolute atomic E-state index is 3.67. The summed E-state index contributed by atoms with van der Waals surface area (Å²) in [4.78, 5) is 0. The van der Waals surface area contributed by atoms with Gasteiger partial charge >= 0.3 is 0 Å². The molecule has 0 heterocycles. The van der Waals surface area contributed by atoms with Gasteiger partial charge in [0.15, 0.2) is 0 Å². The molecular formula is C11H14. The number of rotatable bonds is 2. The van der Waals surface area contributed by atoms with Gasteiger partial charge in [-0.15, -0.1) is 0 Å². The van der Waals surface area contributed by atoms with Gasteiger partial charge < -0.3 is 0 Å². The summed E-state index contributed by atoms with van der Waals surface area (Å²) in [5.41, 5.74) is 3.31. The summed E-state index contributed by atoms with van der Waals surface area (Å²) in [5.74, 6) is 0.995. The molecule has 0 nitrogen and oxygen atoms in total. The minimum absolute atomic E-state index is 0.995. The second-order valence-electron chi connectivity index (χ2n) is 3.54. The van der Waals surface area contributed by atoms with Gasteiger partial charge in [0.1, 0.15) is 0 Å². The lowest BCUT2D eigenvalue weighted by Gasteiger charge is -2.06. The van der Waals surface area contributed by atoms with Gasteiger partial charge in [-0.05, 0) is 37.2 Å². The van der Waals surface area contributed by atoms with E-state index in [0.717, 1.165) is 5.92 Å². The van der Waals surface area contributed by atoms with Crippen molar-refractivity contribution in [1.82, 2.24) is 0 Å². The quantitative estimate of drug-likeness (QED) is 0.525. The van der Waals surface area contributed by atoms with Crippen molar-refractivity contribution < 1.29 is 0 Å². The van der Waals surface area contributed by atoms with Crippen LogP contribution in [-0.2, 0) is 0 Å². The van der Waals surface area contributed by atoms with E-state index in [-0.39, 0.29) is 0 Å². The second-order valence-corrected chi connectivity index (χ2v) is 3.54. The Morgan fingerprint density at radius 3 is 2.82 bits per heavy atom. The van der Waals surface area contributed by atoms with Gasteiger partial charge in [-0.2, -0.15) is 0 Å². The molecule has 2 aliphatic carbocycles. The lowest BCUT2D eigenvalue weighted by atomic mass is 9.99. The summed E-state index contributed by atoms with van der Waals surface area (Å²) in [6, 6.07) is 0. The summed E-state index contributed by atoms with van der Waals surface area (Å²) in [6.07, 6.45) is 11.7. The third-order valence-electron chi connectivity index (χ3n) is 2.79. The van der Waals surface area contributed by atoms with Gasteiger partial charge in [0.25, 0.3) is 0 Å². The highest BCUT2D eigenvalue weighted by molar-refractivity contribution is 5.34. The fourth-order valence-corrected chi connectivity index (χ4v) is 2.22. The van der Waals surface area contributed by atoms with Gasteiger partial charge in [0.2, 0.25) is 0 Å². The summed E-state index contributed by atoms with van der Waals surface area (Å²) in [6.45, 7) is 3.67. The van der Waals surface area contributed by atoms with Crippen LogP contribution in [0, 0.1) is 5.92 Å². The Hall–Kier alpha value is -0.780. The summed E-state index contributed by atoms with van der Waals surface area (Å²) in [5, 5.41) is 0. The van der Waals surface area contributed by atoms with Crippen molar-refractivity contribution in [2.45, 2.75) is 25.7 Å². The maximum Gasteiger partial charge on any atom is -0.0248 e. The van der Waals surface area contributed by atoms with Crippen molar-refractivity contribution in [3.8, 4) is 0 Å². The molecule has 0 radical (unpaired) electrons. The molecular weight excluding hydrogens is 132 g/mol. The van der Waals surface area contributed by atoms with Gasteiger partial charge in [-0.25, -0.2) is 0 Å². The monoisotopic (exact) mass is 146 g/mol. The van der Waals surface area contributed by atoms with E-state index < -0.39 is 0 Å². The number of allylic oxidation sites excluding steroid dienone is 5. The van der Waals surface area contributed by atoms with Crippen LogP contribution in [0.5, 0.6) is 0 Å². The molecule has 2 aliphatic rings. The molecule has 11 heavy (non-hydrogen) atoms. The SMILES string of the molecule is C=CC=CC1=C2CCC(C1)C2. The molecule has 2 rings (SSSR count). The normalized spacial score (nSPS) is 28.9. The van der Waals surface area contributed by atoms with E-state index in [1.165, 1.54) is 25.7 Å². The highest BCUT2D eigenvalue weighted by Gasteiger charge is 2.28. The minimum Gasteiger partial charge on any atom is -0.0991 e. The highest BCUT2D eigenvalue weighted by atomic mass is 14.3. The van der Waals surface area contributed by atoms with Crippen LogP contribution in [0.1, 0.15) is 25.7 Å². The number of hydrogen-bond acceptors (Lipinski definition) is 0. The van der Waals surface area contributed by atoms with E-state index in [0.29, 0.717) is 0 Å². The van der Waals surface area contributed by atoms with Crippen molar-refractivity contribution >= 4 is 0 Å². The van der Waals surface area contributed by atoms with Crippen LogP contribution < -0.4 is 0 Å². The molecule has 0 aromatic heterocycles. The molecule has 1 unspecified atom stereocenters. The molecule has 1 fully saturated rings.